The van der Waals surface area contributed by atoms with Gasteiger partial charge in [0.15, 0.2) is 0 Å². The van der Waals surface area contributed by atoms with Crippen LogP contribution in [-0.4, -0.2) is 28.6 Å². The quantitative estimate of drug-likeness (QED) is 0.894. The number of hydrogen-bond donors (Lipinski definition) is 1. The van der Waals surface area contributed by atoms with E-state index in [-0.39, 0.29) is 24.3 Å². The predicted molar refractivity (Wildman–Crippen MR) is 80.8 cm³/mol. The second-order valence-corrected chi connectivity index (χ2v) is 6.00. The Kier molecular flexibility index (Phi) is 5.34. The van der Waals surface area contributed by atoms with Gasteiger partial charge in [-0.3, -0.25) is 9.69 Å². The molecule has 1 aromatic carbocycles. The predicted octanol–water partition coefficient (Wildman–Crippen LogP) is 3.91. The average Bonchev–Trinajstić information content (AvgIpc) is 2.47. The molecule has 2 rings (SSSR count). The number of hydrogen-bond acceptors (Lipinski definition) is 2. The number of piperidine rings is 1. The summed E-state index contributed by atoms with van der Waals surface area (Å²) in [4.78, 5) is 13.1. The molecule has 4 heteroatoms. The van der Waals surface area contributed by atoms with E-state index in [0.29, 0.717) is 12.0 Å². The third kappa shape index (κ3) is 4.03. The Balaban J connectivity index is 2.11. The number of carboxylic acids is 1. The molecule has 0 spiro atoms. The summed E-state index contributed by atoms with van der Waals surface area (Å²) >= 11 is 0. The Hall–Kier alpha value is -1.42. The normalized spacial score (nSPS) is 21.2. The molecule has 1 aliphatic rings. The minimum absolute atomic E-state index is 0.124. The molecular weight excluding hydrogens is 269 g/mol. The lowest BCUT2D eigenvalue weighted by Crippen LogP contribution is -2.41. The SMILES string of the molecule is Cc1ccc(C(C)N2CCCCC2CCC(=O)O)cc1F. The van der Waals surface area contributed by atoms with E-state index in [4.69, 9.17) is 5.11 Å². The van der Waals surface area contributed by atoms with Crippen LogP contribution in [0.1, 0.15) is 56.2 Å². The van der Waals surface area contributed by atoms with Crippen LogP contribution in [0.15, 0.2) is 18.2 Å². The fraction of sp³-hybridized carbons (Fsp3) is 0.588. The zero-order valence-electron chi connectivity index (χ0n) is 12.8. The van der Waals surface area contributed by atoms with Crippen molar-refractivity contribution >= 4 is 5.97 Å². The van der Waals surface area contributed by atoms with Crippen LogP contribution < -0.4 is 0 Å². The highest BCUT2D eigenvalue weighted by molar-refractivity contribution is 5.66. The number of rotatable bonds is 5. The number of halogens is 1. The van der Waals surface area contributed by atoms with Crippen LogP contribution in [0.5, 0.6) is 0 Å². The summed E-state index contributed by atoms with van der Waals surface area (Å²) in [6.07, 6.45) is 4.19. The Morgan fingerprint density at radius 1 is 1.48 bits per heavy atom. The molecule has 1 heterocycles. The van der Waals surface area contributed by atoms with Gasteiger partial charge in [-0.25, -0.2) is 4.39 Å². The summed E-state index contributed by atoms with van der Waals surface area (Å²) in [5.74, 6) is -0.909. The number of carboxylic acid groups (broad SMARTS) is 1. The van der Waals surface area contributed by atoms with Crippen LogP contribution in [0.25, 0.3) is 0 Å². The lowest BCUT2D eigenvalue weighted by Gasteiger charge is -2.40. The van der Waals surface area contributed by atoms with E-state index >= 15 is 0 Å². The average molecular weight is 293 g/mol. The summed E-state index contributed by atoms with van der Waals surface area (Å²) in [6.45, 7) is 4.81. The second-order valence-electron chi connectivity index (χ2n) is 6.00. The molecule has 1 fully saturated rings. The molecule has 21 heavy (non-hydrogen) atoms. The monoisotopic (exact) mass is 293 g/mol. The molecule has 2 unspecified atom stereocenters. The van der Waals surface area contributed by atoms with Crippen LogP contribution in [0, 0.1) is 12.7 Å². The van der Waals surface area contributed by atoms with Gasteiger partial charge in [-0.2, -0.15) is 0 Å². The molecule has 1 aromatic rings. The third-order valence-electron chi connectivity index (χ3n) is 4.54. The highest BCUT2D eigenvalue weighted by atomic mass is 19.1. The van der Waals surface area contributed by atoms with E-state index in [1.807, 2.05) is 12.1 Å². The zero-order chi connectivity index (χ0) is 15.4. The maximum atomic E-state index is 13.8. The summed E-state index contributed by atoms with van der Waals surface area (Å²) in [5.41, 5.74) is 1.63. The lowest BCUT2D eigenvalue weighted by molar-refractivity contribution is -0.137. The smallest absolute Gasteiger partial charge is 0.303 e. The van der Waals surface area contributed by atoms with E-state index in [0.717, 1.165) is 31.4 Å². The molecule has 1 N–H and O–H groups in total. The highest BCUT2D eigenvalue weighted by Gasteiger charge is 2.27. The van der Waals surface area contributed by atoms with Crippen molar-refractivity contribution in [3.05, 3.63) is 35.1 Å². The number of benzene rings is 1. The van der Waals surface area contributed by atoms with Gasteiger partial charge in [0.1, 0.15) is 5.82 Å². The van der Waals surface area contributed by atoms with Crippen molar-refractivity contribution in [3.8, 4) is 0 Å². The number of aliphatic carboxylic acids is 1. The van der Waals surface area contributed by atoms with E-state index < -0.39 is 5.97 Å². The maximum Gasteiger partial charge on any atom is 0.303 e. The van der Waals surface area contributed by atoms with Gasteiger partial charge in [0, 0.05) is 18.5 Å². The maximum absolute atomic E-state index is 13.8. The number of nitrogens with zero attached hydrogens (tertiary/aromatic N) is 1. The lowest BCUT2D eigenvalue weighted by atomic mass is 9.94. The Bertz CT molecular complexity index is 504. The first-order chi connectivity index (χ1) is 9.99. The molecule has 2 atom stereocenters. The van der Waals surface area contributed by atoms with Crippen molar-refractivity contribution in [2.75, 3.05) is 6.54 Å². The first kappa shape index (κ1) is 16.0. The summed E-state index contributed by atoms with van der Waals surface area (Å²) < 4.78 is 13.8. The summed E-state index contributed by atoms with van der Waals surface area (Å²) in [7, 11) is 0. The standard InChI is InChI=1S/C17H24FNO2/c1-12-6-7-14(11-16(12)18)13(2)19-10-4-3-5-15(19)8-9-17(20)21/h6-7,11,13,15H,3-5,8-10H2,1-2H3,(H,20,21). The Labute approximate surface area is 125 Å². The van der Waals surface area contributed by atoms with Gasteiger partial charge in [-0.15, -0.1) is 0 Å². The van der Waals surface area contributed by atoms with Gasteiger partial charge in [0.2, 0.25) is 0 Å². The molecule has 0 aliphatic carbocycles. The van der Waals surface area contributed by atoms with Crippen molar-refractivity contribution in [1.29, 1.82) is 0 Å². The first-order valence-electron chi connectivity index (χ1n) is 7.72. The molecule has 0 saturated carbocycles. The van der Waals surface area contributed by atoms with Crippen molar-refractivity contribution in [1.82, 2.24) is 4.90 Å². The molecular formula is C17H24FNO2. The van der Waals surface area contributed by atoms with Gasteiger partial charge >= 0.3 is 5.97 Å². The molecule has 0 amide bonds. The van der Waals surface area contributed by atoms with Crippen LogP contribution in [0.2, 0.25) is 0 Å². The molecule has 116 valence electrons. The van der Waals surface area contributed by atoms with Crippen LogP contribution in [0.3, 0.4) is 0 Å². The Morgan fingerprint density at radius 3 is 2.90 bits per heavy atom. The number of likely N-dealkylation sites (tertiary alicyclic amines) is 1. The fourth-order valence-electron chi connectivity index (χ4n) is 3.19. The number of carbonyl (C=O) groups is 1. The zero-order valence-corrected chi connectivity index (χ0v) is 12.8. The van der Waals surface area contributed by atoms with Gasteiger partial charge in [-0.05, 0) is 56.8 Å². The Morgan fingerprint density at radius 2 is 2.24 bits per heavy atom. The van der Waals surface area contributed by atoms with Gasteiger partial charge in [0.05, 0.1) is 0 Å². The fourth-order valence-corrected chi connectivity index (χ4v) is 3.19. The first-order valence-corrected chi connectivity index (χ1v) is 7.72. The largest absolute Gasteiger partial charge is 0.481 e. The minimum atomic E-state index is -0.741. The topological polar surface area (TPSA) is 40.5 Å². The third-order valence-corrected chi connectivity index (χ3v) is 4.54. The van der Waals surface area contributed by atoms with Gasteiger partial charge in [-0.1, -0.05) is 18.6 Å². The molecule has 0 bridgehead atoms. The highest BCUT2D eigenvalue weighted by Crippen LogP contribution is 2.31. The van der Waals surface area contributed by atoms with Crippen molar-refractivity contribution in [2.24, 2.45) is 0 Å². The van der Waals surface area contributed by atoms with Crippen molar-refractivity contribution in [3.63, 3.8) is 0 Å². The van der Waals surface area contributed by atoms with E-state index in [1.54, 1.807) is 13.0 Å². The van der Waals surface area contributed by atoms with Gasteiger partial charge < -0.3 is 5.11 Å². The minimum Gasteiger partial charge on any atom is -0.481 e. The second kappa shape index (κ2) is 7.03. The molecule has 1 aliphatic heterocycles. The van der Waals surface area contributed by atoms with Crippen LogP contribution in [-0.2, 0) is 4.79 Å². The van der Waals surface area contributed by atoms with E-state index in [9.17, 15) is 9.18 Å². The molecule has 0 aromatic heterocycles. The molecule has 1 saturated heterocycles. The van der Waals surface area contributed by atoms with E-state index in [2.05, 4.69) is 11.8 Å². The summed E-state index contributed by atoms with van der Waals surface area (Å²) in [6, 6.07) is 5.82. The number of aryl methyl sites for hydroxylation is 1. The van der Waals surface area contributed by atoms with E-state index in [1.165, 1.54) is 0 Å². The molecule has 3 nitrogen and oxygen atoms in total. The van der Waals surface area contributed by atoms with Crippen LogP contribution >= 0.6 is 0 Å². The summed E-state index contributed by atoms with van der Waals surface area (Å²) in [5, 5.41) is 8.88. The van der Waals surface area contributed by atoms with Crippen molar-refractivity contribution < 1.29 is 14.3 Å². The van der Waals surface area contributed by atoms with Crippen LogP contribution in [0.4, 0.5) is 4.39 Å². The van der Waals surface area contributed by atoms with Gasteiger partial charge in [0.25, 0.3) is 0 Å². The molecule has 0 radical (unpaired) electrons. The van der Waals surface area contributed by atoms with Crippen molar-refractivity contribution in [2.45, 2.75) is 58.0 Å².